The molecule has 1 heterocycles. The smallest absolute Gasteiger partial charge is 0.249 e. The summed E-state index contributed by atoms with van der Waals surface area (Å²) >= 11 is 0. The Bertz CT molecular complexity index is 850. The zero-order chi connectivity index (χ0) is 19.4. The molecule has 0 saturated carbocycles. The third-order valence-corrected chi connectivity index (χ3v) is 4.71. The van der Waals surface area contributed by atoms with E-state index < -0.39 is 6.04 Å². The van der Waals surface area contributed by atoms with E-state index in [4.69, 9.17) is 9.47 Å². The fourth-order valence-electron chi connectivity index (χ4n) is 3.33. The van der Waals surface area contributed by atoms with Crippen LogP contribution < -0.4 is 19.7 Å². The number of hydrogen-bond donors (Lipinski definition) is 1. The summed E-state index contributed by atoms with van der Waals surface area (Å²) in [5.74, 6) is 0.870. The number of hydrogen-bond acceptors (Lipinski definition) is 4. The van der Waals surface area contributed by atoms with Gasteiger partial charge in [0.25, 0.3) is 0 Å². The van der Waals surface area contributed by atoms with Crippen LogP contribution in [0.25, 0.3) is 0 Å². The molecule has 0 bridgehead atoms. The van der Waals surface area contributed by atoms with Crippen molar-refractivity contribution in [3.63, 3.8) is 0 Å². The molecule has 2 amide bonds. The summed E-state index contributed by atoms with van der Waals surface area (Å²) < 4.78 is 10.5. The fraction of sp³-hybridized carbons (Fsp3) is 0.333. The standard InChI is InChI=1S/C21H24N2O4/c1-14(21(25)23-11-10-16-6-4-5-7-17(16)23)22-20(24)13-15-8-9-18(26-2)19(12-15)27-3/h4-9,12,14H,10-11,13H2,1-3H3,(H,22,24)/t14-/m0/s1. The van der Waals surface area contributed by atoms with Crippen LogP contribution in [0.3, 0.4) is 0 Å². The van der Waals surface area contributed by atoms with Crippen molar-refractivity contribution in [1.29, 1.82) is 0 Å². The van der Waals surface area contributed by atoms with E-state index in [0.29, 0.717) is 18.0 Å². The predicted molar refractivity (Wildman–Crippen MR) is 103 cm³/mol. The maximum absolute atomic E-state index is 12.8. The molecule has 6 nitrogen and oxygen atoms in total. The lowest BCUT2D eigenvalue weighted by atomic mass is 10.1. The van der Waals surface area contributed by atoms with Crippen LogP contribution in [0.15, 0.2) is 42.5 Å². The first-order chi connectivity index (χ1) is 13.0. The Labute approximate surface area is 159 Å². The van der Waals surface area contributed by atoms with E-state index in [-0.39, 0.29) is 18.2 Å². The number of benzene rings is 2. The lowest BCUT2D eigenvalue weighted by Crippen LogP contribution is -2.47. The van der Waals surface area contributed by atoms with E-state index in [2.05, 4.69) is 5.32 Å². The Morgan fingerprint density at radius 2 is 1.85 bits per heavy atom. The van der Waals surface area contributed by atoms with Crippen LogP contribution >= 0.6 is 0 Å². The third kappa shape index (κ3) is 4.05. The van der Waals surface area contributed by atoms with Crippen molar-refractivity contribution in [2.24, 2.45) is 0 Å². The van der Waals surface area contributed by atoms with Crippen LogP contribution in [-0.4, -0.2) is 38.6 Å². The van der Waals surface area contributed by atoms with E-state index in [1.807, 2.05) is 30.3 Å². The molecule has 0 radical (unpaired) electrons. The van der Waals surface area contributed by atoms with Gasteiger partial charge in [-0.15, -0.1) is 0 Å². The number of ether oxygens (including phenoxy) is 2. The Kier molecular flexibility index (Phi) is 5.64. The largest absolute Gasteiger partial charge is 0.493 e. The molecule has 0 aliphatic carbocycles. The summed E-state index contributed by atoms with van der Waals surface area (Å²) in [6.45, 7) is 2.36. The molecule has 0 unspecified atom stereocenters. The quantitative estimate of drug-likeness (QED) is 0.850. The second kappa shape index (κ2) is 8.12. The van der Waals surface area contributed by atoms with Crippen LogP contribution in [0.4, 0.5) is 5.69 Å². The van der Waals surface area contributed by atoms with Gasteiger partial charge in [-0.3, -0.25) is 9.59 Å². The molecule has 1 aliphatic heterocycles. The van der Waals surface area contributed by atoms with E-state index in [9.17, 15) is 9.59 Å². The van der Waals surface area contributed by atoms with Crippen molar-refractivity contribution >= 4 is 17.5 Å². The van der Waals surface area contributed by atoms with Gasteiger partial charge in [0.1, 0.15) is 6.04 Å². The van der Waals surface area contributed by atoms with Crippen LogP contribution in [0, 0.1) is 0 Å². The molecule has 142 valence electrons. The molecule has 2 aromatic rings. The third-order valence-electron chi connectivity index (χ3n) is 4.71. The molecule has 0 saturated heterocycles. The maximum Gasteiger partial charge on any atom is 0.249 e. The van der Waals surface area contributed by atoms with Gasteiger partial charge >= 0.3 is 0 Å². The van der Waals surface area contributed by atoms with Crippen molar-refractivity contribution in [3.8, 4) is 11.5 Å². The summed E-state index contributed by atoms with van der Waals surface area (Å²) in [4.78, 5) is 26.9. The zero-order valence-electron chi connectivity index (χ0n) is 15.8. The molecule has 6 heteroatoms. The van der Waals surface area contributed by atoms with Crippen molar-refractivity contribution in [2.75, 3.05) is 25.7 Å². The van der Waals surface area contributed by atoms with Crippen molar-refractivity contribution < 1.29 is 19.1 Å². The zero-order valence-corrected chi connectivity index (χ0v) is 15.8. The molecular formula is C21H24N2O4. The predicted octanol–water partition coefficient (Wildman–Crippen LogP) is 2.34. The lowest BCUT2D eigenvalue weighted by molar-refractivity contribution is -0.126. The number of nitrogens with one attached hydrogen (secondary N) is 1. The number of carbonyl (C=O) groups excluding carboxylic acids is 2. The minimum absolute atomic E-state index is 0.0967. The lowest BCUT2D eigenvalue weighted by Gasteiger charge is -2.22. The Balaban J connectivity index is 1.62. The highest BCUT2D eigenvalue weighted by Gasteiger charge is 2.28. The molecule has 0 spiro atoms. The number of amides is 2. The average molecular weight is 368 g/mol. The Morgan fingerprint density at radius 1 is 1.11 bits per heavy atom. The summed E-state index contributed by atoms with van der Waals surface area (Å²) in [6, 6.07) is 12.6. The van der Waals surface area contributed by atoms with Crippen molar-refractivity contribution in [3.05, 3.63) is 53.6 Å². The fourth-order valence-corrected chi connectivity index (χ4v) is 3.33. The van der Waals surface area contributed by atoms with Gasteiger partial charge in [0, 0.05) is 12.2 Å². The first kappa shape index (κ1) is 18.8. The summed E-state index contributed by atoms with van der Waals surface area (Å²) in [5.41, 5.74) is 2.88. The van der Waals surface area contributed by atoms with Crippen LogP contribution in [0.5, 0.6) is 11.5 Å². The molecule has 3 rings (SSSR count). The van der Waals surface area contributed by atoms with Gasteiger partial charge < -0.3 is 19.7 Å². The topological polar surface area (TPSA) is 67.9 Å². The number of anilines is 1. The van der Waals surface area contributed by atoms with Gasteiger partial charge in [-0.25, -0.2) is 0 Å². The second-order valence-corrected chi connectivity index (χ2v) is 6.52. The molecule has 1 atom stereocenters. The minimum atomic E-state index is -0.594. The van der Waals surface area contributed by atoms with Gasteiger partial charge in [-0.1, -0.05) is 24.3 Å². The van der Waals surface area contributed by atoms with E-state index in [0.717, 1.165) is 23.2 Å². The van der Waals surface area contributed by atoms with Crippen molar-refractivity contribution in [1.82, 2.24) is 5.32 Å². The van der Waals surface area contributed by atoms with Crippen LogP contribution in [0.2, 0.25) is 0 Å². The monoisotopic (exact) mass is 368 g/mol. The van der Waals surface area contributed by atoms with E-state index >= 15 is 0 Å². The van der Waals surface area contributed by atoms with Gasteiger partial charge in [0.05, 0.1) is 20.6 Å². The summed E-state index contributed by atoms with van der Waals surface area (Å²) in [5, 5.41) is 2.80. The SMILES string of the molecule is COc1ccc(CC(=O)N[C@@H](C)C(=O)N2CCc3ccccc32)cc1OC. The molecule has 27 heavy (non-hydrogen) atoms. The average Bonchev–Trinajstić information content (AvgIpc) is 3.11. The highest BCUT2D eigenvalue weighted by Crippen LogP contribution is 2.29. The van der Waals surface area contributed by atoms with Gasteiger partial charge in [0.15, 0.2) is 11.5 Å². The first-order valence-electron chi connectivity index (χ1n) is 8.93. The minimum Gasteiger partial charge on any atom is -0.493 e. The number of rotatable bonds is 6. The normalized spacial score (nSPS) is 13.7. The number of fused-ring (bicyclic) bond motifs is 1. The summed E-state index contributed by atoms with van der Waals surface area (Å²) in [6.07, 6.45) is 1.00. The Morgan fingerprint density at radius 3 is 2.59 bits per heavy atom. The number of carbonyl (C=O) groups is 2. The number of nitrogens with zero attached hydrogens (tertiary/aromatic N) is 1. The molecule has 2 aromatic carbocycles. The molecule has 0 fully saturated rings. The summed E-state index contributed by atoms with van der Waals surface area (Å²) in [7, 11) is 3.12. The second-order valence-electron chi connectivity index (χ2n) is 6.52. The van der Waals surface area contributed by atoms with Gasteiger partial charge in [0.2, 0.25) is 11.8 Å². The number of para-hydroxylation sites is 1. The Hall–Kier alpha value is -3.02. The highest BCUT2D eigenvalue weighted by molar-refractivity contribution is 6.00. The van der Waals surface area contributed by atoms with Gasteiger partial charge in [-0.05, 0) is 42.7 Å². The number of methoxy groups -OCH3 is 2. The van der Waals surface area contributed by atoms with Crippen LogP contribution in [0.1, 0.15) is 18.1 Å². The highest BCUT2D eigenvalue weighted by atomic mass is 16.5. The molecule has 0 aromatic heterocycles. The van der Waals surface area contributed by atoms with E-state index in [1.165, 1.54) is 0 Å². The van der Waals surface area contributed by atoms with E-state index in [1.54, 1.807) is 38.2 Å². The maximum atomic E-state index is 12.8. The van der Waals surface area contributed by atoms with Crippen LogP contribution in [-0.2, 0) is 22.4 Å². The van der Waals surface area contributed by atoms with Crippen molar-refractivity contribution in [2.45, 2.75) is 25.8 Å². The molecule has 1 aliphatic rings. The first-order valence-corrected chi connectivity index (χ1v) is 8.93. The molecular weight excluding hydrogens is 344 g/mol. The molecule has 1 N–H and O–H groups in total. The van der Waals surface area contributed by atoms with Gasteiger partial charge in [-0.2, -0.15) is 0 Å².